The Labute approximate surface area is 129 Å². The summed E-state index contributed by atoms with van der Waals surface area (Å²) in [5.41, 5.74) is 1.05. The van der Waals surface area contributed by atoms with Crippen molar-refractivity contribution < 1.29 is 19.4 Å². The Balaban J connectivity index is 1.76. The molecular formula is C17H19NO4. The number of carbonyl (C=O) groups excluding carboxylic acids is 2. The maximum atomic E-state index is 12.7. The first kappa shape index (κ1) is 14.8. The van der Waals surface area contributed by atoms with Crippen molar-refractivity contribution in [1.29, 1.82) is 0 Å². The van der Waals surface area contributed by atoms with Gasteiger partial charge >= 0.3 is 6.09 Å². The molecule has 0 spiro atoms. The van der Waals surface area contributed by atoms with Crippen molar-refractivity contribution >= 4 is 12.0 Å². The number of hydrogen-bond donors (Lipinski definition) is 1. The van der Waals surface area contributed by atoms with E-state index in [2.05, 4.69) is 0 Å². The first-order valence-electron chi connectivity index (χ1n) is 7.55. The van der Waals surface area contributed by atoms with Crippen LogP contribution in [0.2, 0.25) is 0 Å². The summed E-state index contributed by atoms with van der Waals surface area (Å²) in [6, 6.07) is 9.39. The molecule has 0 radical (unpaired) electrons. The van der Waals surface area contributed by atoms with Gasteiger partial charge in [-0.15, -0.1) is 0 Å². The lowest BCUT2D eigenvalue weighted by Gasteiger charge is -2.28. The zero-order chi connectivity index (χ0) is 15.5. The summed E-state index contributed by atoms with van der Waals surface area (Å²) >= 11 is 0. The van der Waals surface area contributed by atoms with Gasteiger partial charge in [-0.25, -0.2) is 9.69 Å². The van der Waals surface area contributed by atoms with E-state index in [4.69, 9.17) is 4.74 Å². The van der Waals surface area contributed by atoms with E-state index in [9.17, 15) is 14.7 Å². The Morgan fingerprint density at radius 2 is 2.09 bits per heavy atom. The van der Waals surface area contributed by atoms with E-state index in [1.807, 2.05) is 36.4 Å². The van der Waals surface area contributed by atoms with Gasteiger partial charge in [0.15, 0.2) is 0 Å². The second-order valence-corrected chi connectivity index (χ2v) is 5.73. The molecule has 1 N–H and O–H groups in total. The molecule has 0 aromatic heterocycles. The number of carbonyl (C=O) groups is 2. The van der Waals surface area contributed by atoms with Gasteiger partial charge < -0.3 is 9.84 Å². The van der Waals surface area contributed by atoms with Gasteiger partial charge in [0.05, 0.1) is 18.1 Å². The van der Waals surface area contributed by atoms with Crippen LogP contribution < -0.4 is 0 Å². The molecule has 3 rings (SSSR count). The lowest BCUT2D eigenvalue weighted by molar-refractivity contribution is -0.136. The van der Waals surface area contributed by atoms with E-state index >= 15 is 0 Å². The van der Waals surface area contributed by atoms with Crippen molar-refractivity contribution in [2.24, 2.45) is 5.92 Å². The molecule has 1 heterocycles. The topological polar surface area (TPSA) is 66.8 Å². The Bertz CT molecular complexity index is 584. The third-order valence-corrected chi connectivity index (χ3v) is 4.22. The Kier molecular flexibility index (Phi) is 4.24. The van der Waals surface area contributed by atoms with E-state index < -0.39 is 18.1 Å². The van der Waals surface area contributed by atoms with Gasteiger partial charge in [0.25, 0.3) is 0 Å². The normalized spacial score (nSPS) is 27.8. The Morgan fingerprint density at radius 3 is 2.82 bits per heavy atom. The molecule has 2 aliphatic rings. The van der Waals surface area contributed by atoms with E-state index in [0.29, 0.717) is 12.8 Å². The number of aliphatic hydroxyl groups is 1. The number of amides is 2. The molecule has 0 saturated carbocycles. The summed E-state index contributed by atoms with van der Waals surface area (Å²) in [5, 5.41) is 9.98. The van der Waals surface area contributed by atoms with Crippen LogP contribution in [0.3, 0.4) is 0 Å². The first-order chi connectivity index (χ1) is 10.7. The summed E-state index contributed by atoms with van der Waals surface area (Å²) in [7, 11) is 0. The smallest absolute Gasteiger partial charge is 0.416 e. The Morgan fingerprint density at radius 1 is 1.32 bits per heavy atom. The zero-order valence-corrected chi connectivity index (χ0v) is 12.2. The van der Waals surface area contributed by atoms with Crippen LogP contribution in [0.1, 0.15) is 18.4 Å². The van der Waals surface area contributed by atoms with Gasteiger partial charge in [-0.2, -0.15) is 0 Å². The van der Waals surface area contributed by atoms with Crippen molar-refractivity contribution in [3.8, 4) is 0 Å². The highest BCUT2D eigenvalue weighted by Gasteiger charge is 2.42. The molecule has 1 fully saturated rings. The van der Waals surface area contributed by atoms with Crippen molar-refractivity contribution in [1.82, 2.24) is 4.90 Å². The van der Waals surface area contributed by atoms with Crippen LogP contribution in [0.5, 0.6) is 0 Å². The number of imide groups is 1. The number of ether oxygens (including phenoxy) is 1. The molecule has 2 amide bonds. The zero-order valence-electron chi connectivity index (χ0n) is 12.2. The molecule has 1 aliphatic carbocycles. The van der Waals surface area contributed by atoms with Crippen molar-refractivity contribution in [3.05, 3.63) is 48.0 Å². The molecule has 1 aromatic carbocycles. The first-order valence-corrected chi connectivity index (χ1v) is 7.55. The predicted molar refractivity (Wildman–Crippen MR) is 80.0 cm³/mol. The maximum Gasteiger partial charge on any atom is 0.416 e. The number of nitrogens with zero attached hydrogens (tertiary/aromatic N) is 1. The van der Waals surface area contributed by atoms with E-state index in [0.717, 1.165) is 12.0 Å². The van der Waals surface area contributed by atoms with E-state index in [-0.39, 0.29) is 18.6 Å². The number of hydrogen-bond acceptors (Lipinski definition) is 4. The fourth-order valence-electron chi connectivity index (χ4n) is 3.03. The summed E-state index contributed by atoms with van der Waals surface area (Å²) in [6.45, 7) is 0.206. The summed E-state index contributed by atoms with van der Waals surface area (Å²) in [6.07, 6.45) is 3.91. The lowest BCUT2D eigenvalue weighted by atomic mass is 9.90. The highest BCUT2D eigenvalue weighted by molar-refractivity contribution is 5.95. The van der Waals surface area contributed by atoms with Crippen LogP contribution in [-0.4, -0.2) is 40.8 Å². The summed E-state index contributed by atoms with van der Waals surface area (Å²) in [5.74, 6) is -0.894. The number of rotatable bonds is 3. The standard InChI is InChI=1S/C17H19NO4/c19-15-9-5-4-8-14(15)16(20)18-13(11-22-17(18)21)10-12-6-2-1-3-7-12/h1-3,5-7,9,13-15,19H,4,8,10-11H2/t13-,14-,15+/m0/s1. The number of benzene rings is 1. The van der Waals surface area contributed by atoms with Gasteiger partial charge in [-0.3, -0.25) is 4.79 Å². The Hall–Kier alpha value is -2.14. The van der Waals surface area contributed by atoms with Crippen LogP contribution in [0, 0.1) is 5.92 Å². The molecule has 3 atom stereocenters. The quantitative estimate of drug-likeness (QED) is 0.866. The molecule has 1 saturated heterocycles. The van der Waals surface area contributed by atoms with Gasteiger partial charge in [0.2, 0.25) is 5.91 Å². The third-order valence-electron chi connectivity index (χ3n) is 4.22. The monoisotopic (exact) mass is 301 g/mol. The highest BCUT2D eigenvalue weighted by atomic mass is 16.6. The third kappa shape index (κ3) is 2.90. The molecule has 1 aliphatic heterocycles. The fraction of sp³-hybridized carbons (Fsp3) is 0.412. The highest BCUT2D eigenvalue weighted by Crippen LogP contribution is 2.26. The molecule has 22 heavy (non-hydrogen) atoms. The minimum atomic E-state index is -0.827. The minimum Gasteiger partial charge on any atom is -0.447 e. The summed E-state index contributed by atoms with van der Waals surface area (Å²) in [4.78, 5) is 25.8. The van der Waals surface area contributed by atoms with Crippen LogP contribution in [-0.2, 0) is 16.0 Å². The molecule has 0 unspecified atom stereocenters. The van der Waals surface area contributed by atoms with E-state index in [1.165, 1.54) is 4.90 Å². The second kappa shape index (κ2) is 6.32. The fourth-order valence-corrected chi connectivity index (χ4v) is 3.03. The van der Waals surface area contributed by atoms with Crippen LogP contribution in [0.4, 0.5) is 4.79 Å². The molecule has 0 bridgehead atoms. The maximum absolute atomic E-state index is 12.7. The van der Waals surface area contributed by atoms with Crippen molar-refractivity contribution in [2.75, 3.05) is 6.61 Å². The number of aliphatic hydroxyl groups excluding tert-OH is 1. The molecule has 5 heteroatoms. The minimum absolute atomic E-state index is 0.206. The van der Waals surface area contributed by atoms with Gasteiger partial charge in [0, 0.05) is 0 Å². The molecular weight excluding hydrogens is 282 g/mol. The predicted octanol–water partition coefficient (Wildman–Crippen LogP) is 1.90. The van der Waals surface area contributed by atoms with E-state index in [1.54, 1.807) is 6.08 Å². The molecule has 1 aromatic rings. The lowest BCUT2D eigenvalue weighted by Crippen LogP contribution is -2.46. The number of cyclic esters (lactones) is 1. The van der Waals surface area contributed by atoms with Crippen molar-refractivity contribution in [3.63, 3.8) is 0 Å². The molecule has 5 nitrogen and oxygen atoms in total. The summed E-state index contributed by atoms with van der Waals surface area (Å²) < 4.78 is 5.06. The van der Waals surface area contributed by atoms with Crippen LogP contribution in [0.15, 0.2) is 42.5 Å². The van der Waals surface area contributed by atoms with Gasteiger partial charge in [-0.05, 0) is 24.8 Å². The van der Waals surface area contributed by atoms with Crippen molar-refractivity contribution in [2.45, 2.75) is 31.4 Å². The van der Waals surface area contributed by atoms with Gasteiger partial charge in [0.1, 0.15) is 6.61 Å². The van der Waals surface area contributed by atoms with Gasteiger partial charge in [-0.1, -0.05) is 42.5 Å². The number of allylic oxidation sites excluding steroid dienone is 1. The SMILES string of the molecule is O=C1OC[C@H](Cc2ccccc2)N1C(=O)[C@H]1CCC=C[C@H]1O. The average molecular weight is 301 g/mol. The largest absolute Gasteiger partial charge is 0.447 e. The second-order valence-electron chi connectivity index (χ2n) is 5.73. The average Bonchev–Trinajstić information content (AvgIpc) is 2.89. The van der Waals surface area contributed by atoms with Crippen LogP contribution in [0.25, 0.3) is 0 Å². The molecule has 116 valence electrons. The van der Waals surface area contributed by atoms with Crippen LogP contribution >= 0.6 is 0 Å².